The summed E-state index contributed by atoms with van der Waals surface area (Å²) in [5, 5.41) is 1.03. The van der Waals surface area contributed by atoms with Crippen LogP contribution < -0.4 is 0 Å². The molecule has 0 aliphatic rings. The highest BCUT2D eigenvalue weighted by molar-refractivity contribution is 5.89. The van der Waals surface area contributed by atoms with Gasteiger partial charge in [-0.3, -0.25) is 4.57 Å². The van der Waals surface area contributed by atoms with Gasteiger partial charge in [-0.1, -0.05) is 42.5 Å². The topological polar surface area (TPSA) is 31.2 Å². The van der Waals surface area contributed by atoms with Crippen LogP contribution in [0.25, 0.3) is 10.9 Å². The second-order valence-corrected chi connectivity index (χ2v) is 4.79. The average molecular weight is 265 g/mol. The van der Waals surface area contributed by atoms with E-state index in [1.807, 2.05) is 61.5 Å². The molecule has 0 bridgehead atoms. The van der Waals surface area contributed by atoms with Gasteiger partial charge in [0.15, 0.2) is 0 Å². The molecule has 3 heteroatoms. The number of fused-ring (bicyclic) bond motifs is 1. The van der Waals surface area contributed by atoms with Gasteiger partial charge in [0.05, 0.1) is 5.52 Å². The van der Waals surface area contributed by atoms with Crippen LogP contribution in [0.2, 0.25) is 0 Å². The molecule has 1 aromatic heterocycles. The van der Waals surface area contributed by atoms with Crippen molar-refractivity contribution in [3.05, 3.63) is 71.9 Å². The maximum absolute atomic E-state index is 12.1. The Morgan fingerprint density at radius 3 is 2.70 bits per heavy atom. The van der Waals surface area contributed by atoms with Gasteiger partial charge in [0.25, 0.3) is 0 Å². The number of benzene rings is 2. The van der Waals surface area contributed by atoms with Crippen molar-refractivity contribution in [3.8, 4) is 0 Å². The summed E-state index contributed by atoms with van der Waals surface area (Å²) in [7, 11) is 0. The van der Waals surface area contributed by atoms with Crippen molar-refractivity contribution in [3.63, 3.8) is 0 Å². The van der Waals surface area contributed by atoms with E-state index in [1.54, 1.807) is 10.8 Å². The summed E-state index contributed by atoms with van der Waals surface area (Å²) < 4.78 is 6.89. The van der Waals surface area contributed by atoms with Crippen molar-refractivity contribution in [2.45, 2.75) is 13.5 Å². The minimum Gasteiger partial charge on any atom is -0.444 e. The van der Waals surface area contributed by atoms with Gasteiger partial charge in [-0.15, -0.1) is 0 Å². The standard InChI is InChI=1S/C17H15NO2/c1-13-7-8-15-9-10-18(16(15)11-13)17(19)20-12-14-5-3-2-4-6-14/h2-11H,12H2,1H3. The number of aryl methyl sites for hydroxylation is 1. The van der Waals surface area contributed by atoms with Gasteiger partial charge in [-0.05, 0) is 30.2 Å². The van der Waals surface area contributed by atoms with E-state index in [1.165, 1.54) is 0 Å². The van der Waals surface area contributed by atoms with Crippen LogP contribution in [0.1, 0.15) is 11.1 Å². The molecule has 0 unspecified atom stereocenters. The lowest BCUT2D eigenvalue weighted by atomic mass is 10.2. The predicted molar refractivity (Wildman–Crippen MR) is 78.7 cm³/mol. The fraction of sp³-hybridized carbons (Fsp3) is 0.118. The fourth-order valence-corrected chi connectivity index (χ4v) is 2.19. The van der Waals surface area contributed by atoms with E-state index < -0.39 is 0 Å². The molecule has 3 nitrogen and oxygen atoms in total. The molecule has 0 N–H and O–H groups in total. The van der Waals surface area contributed by atoms with Crippen molar-refractivity contribution in [2.75, 3.05) is 0 Å². The fourth-order valence-electron chi connectivity index (χ4n) is 2.19. The van der Waals surface area contributed by atoms with Crippen LogP contribution in [0.15, 0.2) is 60.8 Å². The highest BCUT2D eigenvalue weighted by atomic mass is 16.5. The lowest BCUT2D eigenvalue weighted by Crippen LogP contribution is -2.12. The van der Waals surface area contributed by atoms with Crippen LogP contribution in [-0.4, -0.2) is 10.7 Å². The Labute approximate surface area is 117 Å². The number of rotatable bonds is 2. The Balaban J connectivity index is 1.80. The SMILES string of the molecule is Cc1ccc2ccn(C(=O)OCc3ccccc3)c2c1. The summed E-state index contributed by atoms with van der Waals surface area (Å²) in [6.45, 7) is 2.29. The third-order valence-corrected chi connectivity index (χ3v) is 3.25. The predicted octanol–water partition coefficient (Wildman–Crippen LogP) is 4.13. The van der Waals surface area contributed by atoms with Crippen molar-refractivity contribution >= 4 is 17.0 Å². The molecule has 1 heterocycles. The molecule has 0 fully saturated rings. The Kier molecular flexibility index (Phi) is 3.25. The minimum atomic E-state index is -0.352. The monoisotopic (exact) mass is 265 g/mol. The number of hydrogen-bond donors (Lipinski definition) is 0. The number of aromatic nitrogens is 1. The maximum Gasteiger partial charge on any atom is 0.418 e. The average Bonchev–Trinajstić information content (AvgIpc) is 2.89. The van der Waals surface area contributed by atoms with Crippen molar-refractivity contribution in [1.29, 1.82) is 0 Å². The van der Waals surface area contributed by atoms with Gasteiger partial charge in [0, 0.05) is 11.6 Å². The van der Waals surface area contributed by atoms with Crippen LogP contribution in [-0.2, 0) is 11.3 Å². The molecule has 0 spiro atoms. The molecular formula is C17H15NO2. The summed E-state index contributed by atoms with van der Waals surface area (Å²) in [6, 6.07) is 17.6. The van der Waals surface area contributed by atoms with E-state index >= 15 is 0 Å². The van der Waals surface area contributed by atoms with Crippen LogP contribution in [0, 0.1) is 6.92 Å². The number of carbonyl (C=O) groups excluding carboxylic acids is 1. The third kappa shape index (κ3) is 2.43. The van der Waals surface area contributed by atoms with Crippen LogP contribution in [0.4, 0.5) is 4.79 Å². The van der Waals surface area contributed by atoms with Crippen LogP contribution >= 0.6 is 0 Å². The zero-order chi connectivity index (χ0) is 13.9. The first-order valence-corrected chi connectivity index (χ1v) is 6.53. The Morgan fingerprint density at radius 2 is 1.90 bits per heavy atom. The largest absolute Gasteiger partial charge is 0.444 e. The van der Waals surface area contributed by atoms with Gasteiger partial charge in [0.2, 0.25) is 0 Å². The molecule has 0 aliphatic heterocycles. The molecule has 0 saturated carbocycles. The molecule has 0 aliphatic carbocycles. The molecule has 3 aromatic rings. The Bertz CT molecular complexity index is 744. The maximum atomic E-state index is 12.1. The van der Waals surface area contributed by atoms with Gasteiger partial charge < -0.3 is 4.74 Å². The van der Waals surface area contributed by atoms with Crippen LogP contribution in [0.5, 0.6) is 0 Å². The number of nitrogens with zero attached hydrogens (tertiary/aromatic N) is 1. The molecule has 20 heavy (non-hydrogen) atoms. The molecular weight excluding hydrogens is 250 g/mol. The smallest absolute Gasteiger partial charge is 0.418 e. The number of ether oxygens (including phenoxy) is 1. The highest BCUT2D eigenvalue weighted by Crippen LogP contribution is 2.18. The van der Waals surface area contributed by atoms with Gasteiger partial charge in [-0.2, -0.15) is 0 Å². The lowest BCUT2D eigenvalue weighted by molar-refractivity contribution is 0.142. The third-order valence-electron chi connectivity index (χ3n) is 3.25. The highest BCUT2D eigenvalue weighted by Gasteiger charge is 2.10. The second kappa shape index (κ2) is 5.21. The summed E-state index contributed by atoms with van der Waals surface area (Å²) in [6.07, 6.45) is 1.40. The first-order valence-electron chi connectivity index (χ1n) is 6.53. The zero-order valence-corrected chi connectivity index (χ0v) is 11.2. The van der Waals surface area contributed by atoms with E-state index in [4.69, 9.17) is 4.74 Å². The first-order chi connectivity index (χ1) is 9.74. The van der Waals surface area contributed by atoms with Crippen molar-refractivity contribution in [1.82, 2.24) is 4.57 Å². The summed E-state index contributed by atoms with van der Waals surface area (Å²) in [4.78, 5) is 12.1. The second-order valence-electron chi connectivity index (χ2n) is 4.79. The number of hydrogen-bond acceptors (Lipinski definition) is 2. The molecule has 0 radical (unpaired) electrons. The molecule has 3 rings (SSSR count). The van der Waals surface area contributed by atoms with E-state index in [2.05, 4.69) is 0 Å². The quantitative estimate of drug-likeness (QED) is 0.697. The van der Waals surface area contributed by atoms with E-state index in [9.17, 15) is 4.79 Å². The molecule has 0 atom stereocenters. The Morgan fingerprint density at radius 1 is 1.10 bits per heavy atom. The van der Waals surface area contributed by atoms with E-state index in [0.717, 1.165) is 22.0 Å². The summed E-state index contributed by atoms with van der Waals surface area (Å²) in [5.41, 5.74) is 2.98. The first kappa shape index (κ1) is 12.5. The molecule has 100 valence electrons. The van der Waals surface area contributed by atoms with E-state index in [0.29, 0.717) is 0 Å². The van der Waals surface area contributed by atoms with E-state index in [-0.39, 0.29) is 12.7 Å². The van der Waals surface area contributed by atoms with Crippen molar-refractivity contribution < 1.29 is 9.53 Å². The van der Waals surface area contributed by atoms with Crippen molar-refractivity contribution in [2.24, 2.45) is 0 Å². The molecule has 2 aromatic carbocycles. The lowest BCUT2D eigenvalue weighted by Gasteiger charge is -2.07. The van der Waals surface area contributed by atoms with Gasteiger partial charge in [-0.25, -0.2) is 4.79 Å². The molecule has 0 amide bonds. The normalized spacial score (nSPS) is 10.7. The van der Waals surface area contributed by atoms with Gasteiger partial charge in [0.1, 0.15) is 6.61 Å². The minimum absolute atomic E-state index is 0.283. The summed E-state index contributed by atoms with van der Waals surface area (Å²) >= 11 is 0. The Hall–Kier alpha value is -2.55. The molecule has 0 saturated heterocycles. The zero-order valence-electron chi connectivity index (χ0n) is 11.2. The number of carbonyl (C=O) groups is 1. The van der Waals surface area contributed by atoms with Crippen LogP contribution in [0.3, 0.4) is 0 Å². The summed E-state index contributed by atoms with van der Waals surface area (Å²) in [5.74, 6) is 0. The van der Waals surface area contributed by atoms with Gasteiger partial charge >= 0.3 is 6.09 Å².